The molecular weight excluding hydrogens is 594 g/mol. The summed E-state index contributed by atoms with van der Waals surface area (Å²) in [6, 6.07) is 16.3. The summed E-state index contributed by atoms with van der Waals surface area (Å²) in [4.78, 5) is 63.3. The number of H-pyrrole nitrogens is 1. The molecular formula is C36H37N7O4. The quantitative estimate of drug-likeness (QED) is 0.122. The molecule has 2 fully saturated rings. The van der Waals surface area contributed by atoms with E-state index in [0.29, 0.717) is 29.5 Å². The average molecular weight is 632 g/mol. The fourth-order valence-corrected chi connectivity index (χ4v) is 6.00. The lowest BCUT2D eigenvalue weighted by Crippen LogP contribution is -2.52. The number of likely N-dealkylation sites (tertiary alicyclic amines) is 1. The molecule has 47 heavy (non-hydrogen) atoms. The fourth-order valence-electron chi connectivity index (χ4n) is 6.00. The van der Waals surface area contributed by atoms with Gasteiger partial charge in [0.05, 0.1) is 5.52 Å². The summed E-state index contributed by atoms with van der Waals surface area (Å²) >= 11 is 0. The van der Waals surface area contributed by atoms with E-state index in [0.717, 1.165) is 48.7 Å². The summed E-state index contributed by atoms with van der Waals surface area (Å²) in [7, 11) is 2.15. The Hall–Kier alpha value is -5.34. The van der Waals surface area contributed by atoms with Gasteiger partial charge in [-0.25, -0.2) is 9.97 Å². The zero-order valence-corrected chi connectivity index (χ0v) is 26.3. The van der Waals surface area contributed by atoms with Gasteiger partial charge in [0.2, 0.25) is 11.8 Å². The zero-order chi connectivity index (χ0) is 32.8. The van der Waals surface area contributed by atoms with Crippen molar-refractivity contribution >= 4 is 40.3 Å². The van der Waals surface area contributed by atoms with Crippen molar-refractivity contribution < 1.29 is 19.2 Å². The maximum absolute atomic E-state index is 12.9. The number of carbonyl (C=O) groups excluding carboxylic acids is 4. The molecule has 0 unspecified atom stereocenters. The molecule has 11 heteroatoms. The number of fused-ring (bicyclic) bond motifs is 1. The molecule has 4 aromatic rings. The second-order valence-electron chi connectivity index (χ2n) is 12.1. The highest BCUT2D eigenvalue weighted by atomic mass is 16.2. The number of nitrogens with zero attached hydrogens (tertiary/aromatic N) is 3. The average Bonchev–Trinajstić information content (AvgIpc) is 3.69. The maximum atomic E-state index is 12.9. The third-order valence-corrected chi connectivity index (χ3v) is 8.62. The Balaban J connectivity index is 0.941. The number of aryl methyl sites for hydroxylation is 1. The molecule has 0 saturated carbocycles. The first-order chi connectivity index (χ1) is 22.8. The summed E-state index contributed by atoms with van der Waals surface area (Å²) in [5, 5.41) is 8.80. The van der Waals surface area contributed by atoms with Crippen LogP contribution in [0.2, 0.25) is 0 Å². The zero-order valence-electron chi connectivity index (χ0n) is 26.3. The summed E-state index contributed by atoms with van der Waals surface area (Å²) in [5.74, 6) is 5.10. The van der Waals surface area contributed by atoms with Crippen molar-refractivity contribution in [1.29, 1.82) is 0 Å². The van der Waals surface area contributed by atoms with E-state index in [1.54, 1.807) is 24.4 Å². The topological polar surface area (TPSA) is 149 Å². The molecule has 6 rings (SSSR count). The lowest BCUT2D eigenvalue weighted by molar-refractivity contribution is -0.134. The highest BCUT2D eigenvalue weighted by molar-refractivity contribution is 6.04. The lowest BCUT2D eigenvalue weighted by atomic mass is 10.0. The van der Waals surface area contributed by atoms with E-state index in [4.69, 9.17) is 0 Å². The first-order valence-corrected chi connectivity index (χ1v) is 16.0. The molecule has 2 atom stereocenters. The van der Waals surface area contributed by atoms with Gasteiger partial charge in [-0.1, -0.05) is 24.1 Å². The number of piperidine rings is 1. The molecule has 1 aromatic carbocycles. The van der Waals surface area contributed by atoms with Crippen LogP contribution in [0.1, 0.15) is 88.8 Å². The van der Waals surface area contributed by atoms with Gasteiger partial charge < -0.3 is 15.6 Å². The number of aromatic nitrogens is 3. The largest absolute Gasteiger partial charge is 0.357 e. The van der Waals surface area contributed by atoms with Crippen LogP contribution < -0.4 is 16.0 Å². The van der Waals surface area contributed by atoms with Gasteiger partial charge in [0.25, 0.3) is 11.8 Å². The van der Waals surface area contributed by atoms with Gasteiger partial charge in [-0.05, 0) is 93.9 Å². The number of aromatic amines is 1. The second kappa shape index (κ2) is 14.4. The summed E-state index contributed by atoms with van der Waals surface area (Å²) in [6.45, 7) is 1.10. The van der Waals surface area contributed by atoms with Crippen LogP contribution in [0.25, 0.3) is 10.9 Å². The van der Waals surface area contributed by atoms with Gasteiger partial charge >= 0.3 is 0 Å². The van der Waals surface area contributed by atoms with E-state index in [9.17, 15) is 19.2 Å². The molecule has 3 aromatic heterocycles. The number of unbranched alkanes of at least 4 members (excludes halogenated alkanes) is 2. The lowest BCUT2D eigenvalue weighted by Gasteiger charge is -2.21. The fraction of sp³-hybridized carbons (Fsp3) is 0.333. The minimum Gasteiger partial charge on any atom is -0.357 e. The molecule has 0 bridgehead atoms. The van der Waals surface area contributed by atoms with Crippen molar-refractivity contribution in [2.75, 3.05) is 18.9 Å². The van der Waals surface area contributed by atoms with Crippen LogP contribution in [0.15, 0.2) is 60.8 Å². The van der Waals surface area contributed by atoms with Crippen LogP contribution in [0, 0.1) is 11.8 Å². The van der Waals surface area contributed by atoms with Gasteiger partial charge in [0, 0.05) is 47.8 Å². The number of benzene rings is 1. The predicted molar refractivity (Wildman–Crippen MR) is 177 cm³/mol. The molecule has 240 valence electrons. The number of carbonyl (C=O) groups is 4. The molecule has 2 aliphatic rings. The van der Waals surface area contributed by atoms with E-state index >= 15 is 0 Å². The van der Waals surface area contributed by atoms with Gasteiger partial charge in [-0.15, -0.1) is 0 Å². The Labute approximate surface area is 272 Å². The second-order valence-corrected chi connectivity index (χ2v) is 12.1. The standard InChI is InChI=1S/C36H37N7O4/c1-43-19-7-12-31(43)30-20-25-22-37-32(21-29(25)39-30)41-34(45)24-15-13-23(14-16-24)8-4-2-3-5-9-26-10-6-11-27(38-26)35(46)40-28-17-18-33(44)42-36(28)47/h6,10-11,13-16,20-22,28,31,39H,2-4,7-8,12,17-19H2,1H3,(H,40,46)(H,37,41,45)(H,42,44,47)/t28-,31+/m0/s1. The third-order valence-electron chi connectivity index (χ3n) is 8.62. The number of anilines is 1. The van der Waals surface area contributed by atoms with Gasteiger partial charge in [0.1, 0.15) is 23.2 Å². The predicted octanol–water partition coefficient (Wildman–Crippen LogP) is 4.28. The first kappa shape index (κ1) is 31.6. The van der Waals surface area contributed by atoms with Crippen LogP contribution >= 0.6 is 0 Å². The Morgan fingerprint density at radius 3 is 2.68 bits per heavy atom. The van der Waals surface area contributed by atoms with E-state index < -0.39 is 17.9 Å². The normalized spacial score (nSPS) is 18.0. The van der Waals surface area contributed by atoms with Crippen LogP contribution in [0.5, 0.6) is 0 Å². The van der Waals surface area contributed by atoms with Crippen molar-refractivity contribution in [3.63, 3.8) is 0 Å². The molecule has 0 aliphatic carbocycles. The molecule has 2 aliphatic heterocycles. The van der Waals surface area contributed by atoms with Crippen molar-refractivity contribution in [2.45, 2.75) is 63.5 Å². The van der Waals surface area contributed by atoms with Crippen LogP contribution in [-0.4, -0.2) is 63.1 Å². The first-order valence-electron chi connectivity index (χ1n) is 16.0. The van der Waals surface area contributed by atoms with Crippen LogP contribution in [0.4, 0.5) is 5.82 Å². The molecule has 0 spiro atoms. The highest BCUT2D eigenvalue weighted by Gasteiger charge is 2.28. The van der Waals surface area contributed by atoms with Gasteiger partial charge in [-0.2, -0.15) is 0 Å². The number of hydrogen-bond donors (Lipinski definition) is 4. The Bertz CT molecular complexity index is 1870. The minimum absolute atomic E-state index is 0.165. The highest BCUT2D eigenvalue weighted by Crippen LogP contribution is 2.32. The van der Waals surface area contributed by atoms with E-state index in [-0.39, 0.29) is 30.3 Å². The number of pyridine rings is 2. The monoisotopic (exact) mass is 631 g/mol. The van der Waals surface area contributed by atoms with Crippen LogP contribution in [0.3, 0.4) is 0 Å². The molecule has 5 heterocycles. The Kier molecular flexibility index (Phi) is 9.69. The molecule has 11 nitrogen and oxygen atoms in total. The summed E-state index contributed by atoms with van der Waals surface area (Å²) < 4.78 is 0. The van der Waals surface area contributed by atoms with E-state index in [1.807, 2.05) is 30.3 Å². The SMILES string of the molecule is CN1CCC[C@@H]1c1cc2cnc(NC(=O)c3ccc(CCCCC#Cc4cccc(C(=O)N[C@H]5CCC(=O)NC5=O)n4)cc3)cc2[nH]1. The van der Waals surface area contributed by atoms with Crippen molar-refractivity contribution in [2.24, 2.45) is 0 Å². The third kappa shape index (κ3) is 7.91. The number of nitrogens with one attached hydrogen (secondary N) is 4. The summed E-state index contributed by atoms with van der Waals surface area (Å²) in [6.07, 6.45) is 7.92. The van der Waals surface area contributed by atoms with Crippen molar-refractivity contribution in [3.8, 4) is 11.8 Å². The minimum atomic E-state index is -0.759. The molecule has 4 N–H and O–H groups in total. The number of amides is 4. The number of imide groups is 1. The Morgan fingerprint density at radius 2 is 1.89 bits per heavy atom. The van der Waals surface area contributed by atoms with Gasteiger partial charge in [0.15, 0.2) is 0 Å². The number of hydrogen-bond acceptors (Lipinski definition) is 7. The van der Waals surface area contributed by atoms with Crippen molar-refractivity contribution in [1.82, 2.24) is 30.5 Å². The van der Waals surface area contributed by atoms with E-state index in [1.165, 1.54) is 12.1 Å². The smallest absolute Gasteiger partial charge is 0.270 e. The van der Waals surface area contributed by atoms with Crippen molar-refractivity contribution in [3.05, 3.63) is 89.0 Å². The molecule has 2 saturated heterocycles. The molecule has 4 amide bonds. The molecule has 0 radical (unpaired) electrons. The van der Waals surface area contributed by atoms with E-state index in [2.05, 4.69) is 60.8 Å². The maximum Gasteiger partial charge on any atom is 0.270 e. The van der Waals surface area contributed by atoms with Crippen LogP contribution in [-0.2, 0) is 16.0 Å². The summed E-state index contributed by atoms with van der Waals surface area (Å²) in [5.41, 5.74) is 4.50. The number of rotatable bonds is 9. The van der Waals surface area contributed by atoms with Gasteiger partial charge in [-0.3, -0.25) is 29.4 Å². The Morgan fingerprint density at radius 1 is 1.04 bits per heavy atom.